The number of carbonyl (C=O) groups excluding carboxylic acids is 1. The van der Waals surface area contributed by atoms with Crippen LogP contribution in [0.25, 0.3) is 0 Å². The zero-order valence-corrected chi connectivity index (χ0v) is 16.7. The van der Waals surface area contributed by atoms with Crippen LogP contribution in [-0.4, -0.2) is 36.0 Å². The molecule has 0 bridgehead atoms. The summed E-state index contributed by atoms with van der Waals surface area (Å²) in [5.74, 6) is 0.594. The molecule has 2 saturated carbocycles. The van der Waals surface area contributed by atoms with Gasteiger partial charge in [0.2, 0.25) is 0 Å². The number of hydrogen-bond donors (Lipinski definition) is 1. The van der Waals surface area contributed by atoms with Gasteiger partial charge < -0.3 is 14.6 Å². The molecule has 0 radical (unpaired) electrons. The van der Waals surface area contributed by atoms with Crippen molar-refractivity contribution in [2.75, 3.05) is 13.2 Å². The molecule has 1 spiro atoms. The number of rotatable bonds is 3. The smallest absolute Gasteiger partial charge is 0.174 e. The van der Waals surface area contributed by atoms with Gasteiger partial charge in [-0.25, -0.2) is 0 Å². The minimum Gasteiger partial charge on any atom is -0.393 e. The summed E-state index contributed by atoms with van der Waals surface area (Å²) in [7, 11) is 0. The van der Waals surface area contributed by atoms with Crippen LogP contribution in [0.5, 0.6) is 0 Å². The number of ether oxygens (including phenoxy) is 2. The molecule has 2 unspecified atom stereocenters. The van der Waals surface area contributed by atoms with Crippen molar-refractivity contribution in [3.8, 4) is 0 Å². The molecule has 3 fully saturated rings. The van der Waals surface area contributed by atoms with E-state index in [-0.39, 0.29) is 22.5 Å². The average molecular weight is 363 g/mol. The molecule has 1 aliphatic heterocycles. The summed E-state index contributed by atoms with van der Waals surface area (Å²) in [4.78, 5) is 13.3. The maximum absolute atomic E-state index is 13.3. The Hall–Kier alpha value is -0.710. The lowest BCUT2D eigenvalue weighted by molar-refractivity contribution is -0.240. The number of fused-ring (bicyclic) bond motifs is 4. The Kier molecular flexibility index (Phi) is 4.41. The summed E-state index contributed by atoms with van der Waals surface area (Å²) >= 11 is 0. The molecule has 0 aromatic rings. The van der Waals surface area contributed by atoms with Gasteiger partial charge in [0.1, 0.15) is 0 Å². The molecule has 1 heterocycles. The fourth-order valence-corrected chi connectivity index (χ4v) is 6.91. The van der Waals surface area contributed by atoms with E-state index in [4.69, 9.17) is 9.47 Å². The molecule has 6 atom stereocenters. The molecule has 1 N–H and O–H groups in total. The first kappa shape index (κ1) is 18.6. The monoisotopic (exact) mass is 362 g/mol. The van der Waals surface area contributed by atoms with Gasteiger partial charge in [0.05, 0.1) is 19.3 Å². The first-order chi connectivity index (χ1) is 12.3. The van der Waals surface area contributed by atoms with E-state index in [2.05, 4.69) is 20.8 Å². The summed E-state index contributed by atoms with van der Waals surface area (Å²) < 4.78 is 12.3. The summed E-state index contributed by atoms with van der Waals surface area (Å²) in [5, 5.41) is 9.96. The Bertz CT molecular complexity index is 618. The molecule has 0 aromatic heterocycles. The molecular weight excluding hydrogens is 328 g/mol. The standard InChI is InChI=1S/C22H34O4/c1-5-20(3)15(12-14(2)23)13-18(24)19-16(20)6-8-21(4)17(19)7-9-22(21)25-10-11-26-22/h13-14,16-17,19,23H,5-12H2,1-4H3/t14-,16?,17-,19?,20-,21-/m0/s1. The molecule has 4 aliphatic rings. The molecular formula is C22H34O4. The fraction of sp³-hybridized carbons (Fsp3) is 0.864. The second-order valence-corrected chi connectivity index (χ2v) is 9.58. The van der Waals surface area contributed by atoms with Crippen molar-refractivity contribution in [3.63, 3.8) is 0 Å². The first-order valence-corrected chi connectivity index (χ1v) is 10.5. The summed E-state index contributed by atoms with van der Waals surface area (Å²) in [6.45, 7) is 10.0. The quantitative estimate of drug-likeness (QED) is 0.828. The third-order valence-electron chi connectivity index (χ3n) is 8.52. The van der Waals surface area contributed by atoms with Gasteiger partial charge in [-0.3, -0.25) is 4.79 Å². The lowest BCUT2D eigenvalue weighted by Crippen LogP contribution is -2.56. The maximum Gasteiger partial charge on any atom is 0.174 e. The van der Waals surface area contributed by atoms with Gasteiger partial charge in [0.25, 0.3) is 0 Å². The third kappa shape index (κ3) is 2.34. The topological polar surface area (TPSA) is 55.8 Å². The van der Waals surface area contributed by atoms with E-state index in [0.29, 0.717) is 31.5 Å². The normalized spacial score (nSPS) is 45.3. The predicted octanol–water partition coefficient (Wildman–Crippen LogP) is 3.87. The Balaban J connectivity index is 1.72. The summed E-state index contributed by atoms with van der Waals surface area (Å²) in [6.07, 6.45) is 7.15. The number of carbonyl (C=O) groups is 1. The van der Waals surface area contributed by atoms with Gasteiger partial charge in [-0.15, -0.1) is 0 Å². The highest BCUT2D eigenvalue weighted by Crippen LogP contribution is 2.67. The van der Waals surface area contributed by atoms with Crippen LogP contribution in [-0.2, 0) is 14.3 Å². The van der Waals surface area contributed by atoms with E-state index in [9.17, 15) is 9.90 Å². The van der Waals surface area contributed by atoms with Gasteiger partial charge in [-0.1, -0.05) is 26.3 Å². The zero-order chi connectivity index (χ0) is 18.7. The van der Waals surface area contributed by atoms with Crippen molar-refractivity contribution in [2.45, 2.75) is 78.1 Å². The van der Waals surface area contributed by atoms with Gasteiger partial charge >= 0.3 is 0 Å². The average Bonchev–Trinajstić information content (AvgIpc) is 3.18. The van der Waals surface area contributed by atoms with Crippen LogP contribution >= 0.6 is 0 Å². The number of aliphatic hydroxyl groups excluding tert-OH is 1. The lowest BCUT2D eigenvalue weighted by Gasteiger charge is -2.56. The Morgan fingerprint density at radius 1 is 1.19 bits per heavy atom. The van der Waals surface area contributed by atoms with Gasteiger partial charge in [0, 0.05) is 17.8 Å². The van der Waals surface area contributed by atoms with Crippen molar-refractivity contribution < 1.29 is 19.4 Å². The Morgan fingerprint density at radius 3 is 2.46 bits per heavy atom. The van der Waals surface area contributed by atoms with Crippen LogP contribution in [0.3, 0.4) is 0 Å². The Labute approximate surface area is 157 Å². The van der Waals surface area contributed by atoms with Crippen LogP contribution in [0.1, 0.15) is 66.2 Å². The molecule has 3 aliphatic carbocycles. The molecule has 4 heteroatoms. The molecule has 146 valence electrons. The van der Waals surface area contributed by atoms with Crippen LogP contribution < -0.4 is 0 Å². The van der Waals surface area contributed by atoms with Gasteiger partial charge in [-0.05, 0) is 62.4 Å². The molecule has 0 amide bonds. The highest BCUT2D eigenvalue weighted by Gasteiger charge is 2.67. The van der Waals surface area contributed by atoms with Crippen molar-refractivity contribution >= 4 is 5.78 Å². The highest BCUT2D eigenvalue weighted by molar-refractivity contribution is 5.94. The van der Waals surface area contributed by atoms with E-state index >= 15 is 0 Å². The van der Waals surface area contributed by atoms with Crippen molar-refractivity contribution in [1.82, 2.24) is 0 Å². The zero-order valence-electron chi connectivity index (χ0n) is 16.7. The first-order valence-electron chi connectivity index (χ1n) is 10.5. The maximum atomic E-state index is 13.3. The van der Waals surface area contributed by atoms with Crippen LogP contribution in [0, 0.1) is 28.6 Å². The number of allylic oxidation sites excluding steroid dienone is 1. The van der Waals surface area contributed by atoms with E-state index < -0.39 is 11.9 Å². The minimum absolute atomic E-state index is 0.00401. The van der Waals surface area contributed by atoms with Gasteiger partial charge in [0.15, 0.2) is 11.6 Å². The molecule has 4 rings (SSSR count). The minimum atomic E-state index is -0.463. The van der Waals surface area contributed by atoms with Crippen molar-refractivity contribution in [1.29, 1.82) is 0 Å². The molecule has 26 heavy (non-hydrogen) atoms. The second-order valence-electron chi connectivity index (χ2n) is 9.58. The largest absolute Gasteiger partial charge is 0.393 e. The van der Waals surface area contributed by atoms with Crippen molar-refractivity contribution in [2.24, 2.45) is 28.6 Å². The van der Waals surface area contributed by atoms with E-state index in [1.165, 1.54) is 0 Å². The summed E-state index contributed by atoms with van der Waals surface area (Å²) in [5.41, 5.74) is 1.10. The molecule has 1 saturated heterocycles. The number of ketones is 1. The highest BCUT2D eigenvalue weighted by atomic mass is 16.7. The number of hydrogen-bond acceptors (Lipinski definition) is 4. The van der Waals surface area contributed by atoms with E-state index in [1.54, 1.807) is 0 Å². The van der Waals surface area contributed by atoms with Crippen LogP contribution in [0.15, 0.2) is 11.6 Å². The third-order valence-corrected chi connectivity index (χ3v) is 8.52. The lowest BCUT2D eigenvalue weighted by atomic mass is 9.48. The second kappa shape index (κ2) is 6.15. The van der Waals surface area contributed by atoms with Crippen LogP contribution in [0.2, 0.25) is 0 Å². The number of aliphatic hydroxyl groups is 1. The van der Waals surface area contributed by atoms with E-state index in [0.717, 1.165) is 37.7 Å². The van der Waals surface area contributed by atoms with Crippen LogP contribution in [0.4, 0.5) is 0 Å². The Morgan fingerprint density at radius 2 is 1.85 bits per heavy atom. The van der Waals surface area contributed by atoms with Gasteiger partial charge in [-0.2, -0.15) is 0 Å². The molecule has 0 aromatic carbocycles. The molecule has 4 nitrogen and oxygen atoms in total. The van der Waals surface area contributed by atoms with E-state index in [1.807, 2.05) is 13.0 Å². The predicted molar refractivity (Wildman–Crippen MR) is 99.5 cm³/mol. The fourth-order valence-electron chi connectivity index (χ4n) is 6.91. The SMILES string of the molecule is CC[C@@]1(C)C(C[C@H](C)O)=CC(=O)C2C1CC[C@@]1(C)[C@H]2CCC12OCCO2. The van der Waals surface area contributed by atoms with Crippen molar-refractivity contribution in [3.05, 3.63) is 11.6 Å². The summed E-state index contributed by atoms with van der Waals surface area (Å²) in [6, 6.07) is 0.